The highest BCUT2D eigenvalue weighted by atomic mass is 19.1. The zero-order valence-corrected chi connectivity index (χ0v) is 9.30. The van der Waals surface area contributed by atoms with Crippen molar-refractivity contribution in [3.05, 3.63) is 29.6 Å². The smallest absolute Gasteiger partial charge is 0.221 e. The first-order chi connectivity index (χ1) is 6.99. The molecule has 0 spiro atoms. The molecule has 1 N–H and O–H groups in total. The number of anilines is 1. The Morgan fingerprint density at radius 1 is 1.47 bits per heavy atom. The summed E-state index contributed by atoms with van der Waals surface area (Å²) in [5, 5.41) is 2.44. The van der Waals surface area contributed by atoms with Gasteiger partial charge in [-0.15, -0.1) is 0 Å². The molecule has 0 saturated carbocycles. The van der Waals surface area contributed by atoms with Crippen LogP contribution >= 0.6 is 0 Å². The first kappa shape index (κ1) is 11.7. The van der Waals surface area contributed by atoms with Crippen LogP contribution in [0.5, 0.6) is 0 Å². The molecule has 0 aliphatic rings. The SMILES string of the molecule is CC(=O)Nc1ccc(CC(C)C)cc1F. The van der Waals surface area contributed by atoms with Gasteiger partial charge in [-0.2, -0.15) is 0 Å². The van der Waals surface area contributed by atoms with Crippen LogP contribution in [0.4, 0.5) is 10.1 Å². The lowest BCUT2D eigenvalue weighted by Gasteiger charge is -2.08. The maximum atomic E-state index is 13.4. The number of hydrogen-bond acceptors (Lipinski definition) is 1. The minimum absolute atomic E-state index is 0.245. The van der Waals surface area contributed by atoms with Crippen molar-refractivity contribution in [2.75, 3.05) is 5.32 Å². The molecule has 1 rings (SSSR count). The van der Waals surface area contributed by atoms with E-state index < -0.39 is 0 Å². The van der Waals surface area contributed by atoms with Crippen LogP contribution in [0, 0.1) is 11.7 Å². The molecule has 1 aromatic rings. The maximum Gasteiger partial charge on any atom is 0.221 e. The zero-order chi connectivity index (χ0) is 11.4. The van der Waals surface area contributed by atoms with Crippen molar-refractivity contribution >= 4 is 11.6 Å². The van der Waals surface area contributed by atoms with Crippen molar-refractivity contribution in [1.82, 2.24) is 0 Å². The highest BCUT2D eigenvalue weighted by Crippen LogP contribution is 2.17. The molecule has 0 radical (unpaired) electrons. The predicted octanol–water partition coefficient (Wildman–Crippen LogP) is 2.98. The fraction of sp³-hybridized carbons (Fsp3) is 0.417. The van der Waals surface area contributed by atoms with Crippen molar-refractivity contribution < 1.29 is 9.18 Å². The summed E-state index contributed by atoms with van der Waals surface area (Å²) < 4.78 is 13.4. The van der Waals surface area contributed by atoms with Gasteiger partial charge in [-0.25, -0.2) is 4.39 Å². The fourth-order valence-electron chi connectivity index (χ4n) is 1.45. The number of benzene rings is 1. The number of carbonyl (C=O) groups is 1. The van der Waals surface area contributed by atoms with Gasteiger partial charge in [-0.3, -0.25) is 4.79 Å². The van der Waals surface area contributed by atoms with E-state index in [1.54, 1.807) is 6.07 Å². The molecule has 1 aromatic carbocycles. The minimum atomic E-state index is -0.372. The summed E-state index contributed by atoms with van der Waals surface area (Å²) in [5.41, 5.74) is 1.20. The zero-order valence-electron chi connectivity index (χ0n) is 9.30. The summed E-state index contributed by atoms with van der Waals surface area (Å²) in [5.74, 6) is -0.134. The fourth-order valence-corrected chi connectivity index (χ4v) is 1.45. The molecule has 0 heterocycles. The van der Waals surface area contributed by atoms with E-state index >= 15 is 0 Å². The van der Waals surface area contributed by atoms with Crippen LogP contribution in [-0.4, -0.2) is 5.91 Å². The largest absolute Gasteiger partial charge is 0.324 e. The summed E-state index contributed by atoms with van der Waals surface area (Å²) in [6.45, 7) is 5.53. The monoisotopic (exact) mass is 209 g/mol. The van der Waals surface area contributed by atoms with Crippen molar-refractivity contribution in [1.29, 1.82) is 0 Å². The van der Waals surface area contributed by atoms with Crippen LogP contribution in [0.15, 0.2) is 18.2 Å². The van der Waals surface area contributed by atoms with Crippen LogP contribution in [0.1, 0.15) is 26.3 Å². The summed E-state index contributed by atoms with van der Waals surface area (Å²) in [7, 11) is 0. The van der Waals surface area contributed by atoms with Crippen molar-refractivity contribution in [3.63, 3.8) is 0 Å². The summed E-state index contributed by atoms with van der Waals surface area (Å²) in [6.07, 6.45) is 0.845. The Balaban J connectivity index is 2.83. The van der Waals surface area contributed by atoms with E-state index in [1.165, 1.54) is 13.0 Å². The van der Waals surface area contributed by atoms with Gasteiger partial charge in [-0.1, -0.05) is 19.9 Å². The van der Waals surface area contributed by atoms with E-state index in [-0.39, 0.29) is 17.4 Å². The molecule has 3 heteroatoms. The van der Waals surface area contributed by atoms with Crippen LogP contribution in [0.3, 0.4) is 0 Å². The van der Waals surface area contributed by atoms with Crippen LogP contribution in [0.2, 0.25) is 0 Å². The third-order valence-electron chi connectivity index (χ3n) is 1.99. The predicted molar refractivity (Wildman–Crippen MR) is 59.2 cm³/mol. The number of carbonyl (C=O) groups excluding carboxylic acids is 1. The average molecular weight is 209 g/mol. The van der Waals surface area contributed by atoms with Crippen LogP contribution in [0.25, 0.3) is 0 Å². The van der Waals surface area contributed by atoms with Crippen molar-refractivity contribution in [3.8, 4) is 0 Å². The molecule has 1 amide bonds. The maximum absolute atomic E-state index is 13.4. The normalized spacial score (nSPS) is 10.5. The van der Waals surface area contributed by atoms with Gasteiger partial charge in [0.2, 0.25) is 5.91 Å². The van der Waals surface area contributed by atoms with Gasteiger partial charge in [0, 0.05) is 6.92 Å². The molecular weight excluding hydrogens is 193 g/mol. The molecule has 15 heavy (non-hydrogen) atoms. The van der Waals surface area contributed by atoms with Crippen LogP contribution in [-0.2, 0) is 11.2 Å². The Morgan fingerprint density at radius 2 is 2.13 bits per heavy atom. The van der Waals surface area contributed by atoms with Gasteiger partial charge in [-0.05, 0) is 30.0 Å². The molecule has 2 nitrogen and oxygen atoms in total. The third kappa shape index (κ3) is 3.70. The summed E-state index contributed by atoms with van der Waals surface area (Å²) >= 11 is 0. The summed E-state index contributed by atoms with van der Waals surface area (Å²) in [6, 6.07) is 4.92. The summed E-state index contributed by atoms with van der Waals surface area (Å²) in [4.78, 5) is 10.8. The topological polar surface area (TPSA) is 29.1 Å². The Kier molecular flexibility index (Phi) is 3.83. The van der Waals surface area contributed by atoms with E-state index in [4.69, 9.17) is 0 Å². The molecule has 0 aromatic heterocycles. The number of rotatable bonds is 3. The van der Waals surface area contributed by atoms with E-state index in [9.17, 15) is 9.18 Å². The van der Waals surface area contributed by atoms with E-state index in [0.29, 0.717) is 5.92 Å². The van der Waals surface area contributed by atoms with E-state index in [1.807, 2.05) is 6.07 Å². The lowest BCUT2D eigenvalue weighted by Crippen LogP contribution is -2.07. The molecule has 82 valence electrons. The number of nitrogens with one attached hydrogen (secondary N) is 1. The molecule has 0 atom stereocenters. The number of halogens is 1. The molecule has 0 unspecified atom stereocenters. The second-order valence-corrected chi connectivity index (χ2v) is 4.09. The van der Waals surface area contributed by atoms with E-state index in [0.717, 1.165) is 12.0 Å². The quantitative estimate of drug-likeness (QED) is 0.814. The van der Waals surface area contributed by atoms with Gasteiger partial charge in [0.05, 0.1) is 5.69 Å². The molecule has 0 aliphatic heterocycles. The number of hydrogen-bond donors (Lipinski definition) is 1. The Morgan fingerprint density at radius 3 is 2.60 bits per heavy atom. The van der Waals surface area contributed by atoms with Gasteiger partial charge in [0.25, 0.3) is 0 Å². The highest BCUT2D eigenvalue weighted by Gasteiger charge is 2.05. The minimum Gasteiger partial charge on any atom is -0.324 e. The molecule has 0 bridgehead atoms. The van der Waals surface area contributed by atoms with Crippen LogP contribution < -0.4 is 5.32 Å². The van der Waals surface area contributed by atoms with Crippen molar-refractivity contribution in [2.24, 2.45) is 5.92 Å². The van der Waals surface area contributed by atoms with Gasteiger partial charge >= 0.3 is 0 Å². The average Bonchev–Trinajstić information content (AvgIpc) is 2.08. The highest BCUT2D eigenvalue weighted by molar-refractivity contribution is 5.88. The second-order valence-electron chi connectivity index (χ2n) is 4.09. The Bertz CT molecular complexity index is 361. The first-order valence-corrected chi connectivity index (χ1v) is 5.05. The second kappa shape index (κ2) is 4.91. The Hall–Kier alpha value is -1.38. The first-order valence-electron chi connectivity index (χ1n) is 5.05. The lowest BCUT2D eigenvalue weighted by molar-refractivity contribution is -0.114. The standard InChI is InChI=1S/C12H16FNO/c1-8(2)6-10-4-5-12(11(13)7-10)14-9(3)15/h4-5,7-8H,6H2,1-3H3,(H,14,15). The van der Waals surface area contributed by atoms with Gasteiger partial charge < -0.3 is 5.32 Å². The molecule has 0 fully saturated rings. The molecule has 0 saturated heterocycles. The van der Waals surface area contributed by atoms with Gasteiger partial charge in [0.15, 0.2) is 0 Å². The van der Waals surface area contributed by atoms with Crippen molar-refractivity contribution in [2.45, 2.75) is 27.2 Å². The lowest BCUT2D eigenvalue weighted by atomic mass is 10.0. The third-order valence-corrected chi connectivity index (χ3v) is 1.99. The number of amides is 1. The Labute approximate surface area is 89.5 Å². The van der Waals surface area contributed by atoms with E-state index in [2.05, 4.69) is 19.2 Å². The van der Waals surface area contributed by atoms with Gasteiger partial charge in [0.1, 0.15) is 5.82 Å². The molecule has 0 aliphatic carbocycles. The molecular formula is C12H16FNO.